The summed E-state index contributed by atoms with van der Waals surface area (Å²) in [7, 11) is 0. The second kappa shape index (κ2) is 15.7. The molecule has 0 bridgehead atoms. The van der Waals surface area contributed by atoms with E-state index >= 15 is 0 Å². The lowest BCUT2D eigenvalue weighted by Crippen LogP contribution is -2.28. The summed E-state index contributed by atoms with van der Waals surface area (Å²) in [5.41, 5.74) is 17.6. The first kappa shape index (κ1) is 38.6. The van der Waals surface area contributed by atoms with Gasteiger partial charge < -0.3 is 4.90 Å². The highest BCUT2D eigenvalue weighted by molar-refractivity contribution is 6.15. The van der Waals surface area contributed by atoms with Crippen molar-refractivity contribution in [2.75, 3.05) is 4.90 Å². The van der Waals surface area contributed by atoms with Crippen LogP contribution >= 0.6 is 0 Å². The van der Waals surface area contributed by atoms with Crippen LogP contribution in [0.15, 0.2) is 261 Å². The fraction of sp³-hybridized carbons (Fsp3) is 0.0156. The highest BCUT2D eigenvalue weighted by atomic mass is 15.2. The highest BCUT2D eigenvalue weighted by Gasteiger charge is 2.47. The number of fused-ring (bicyclic) bond motifs is 7. The van der Waals surface area contributed by atoms with Gasteiger partial charge in [0.25, 0.3) is 0 Å². The summed E-state index contributed by atoms with van der Waals surface area (Å²) in [6.07, 6.45) is 0. The molecule has 0 atom stereocenters. The van der Waals surface area contributed by atoms with Crippen molar-refractivity contribution in [3.63, 3.8) is 0 Å². The first-order chi connectivity index (χ1) is 33.3. The second-order valence-corrected chi connectivity index (χ2v) is 17.4. The number of rotatable bonds is 8. The third-order valence-electron chi connectivity index (χ3n) is 13.9. The van der Waals surface area contributed by atoms with Crippen molar-refractivity contribution in [2.24, 2.45) is 0 Å². The Hall–Kier alpha value is -8.79. The van der Waals surface area contributed by atoms with Crippen molar-refractivity contribution in [1.82, 2.24) is 9.61 Å². The van der Waals surface area contributed by atoms with Crippen molar-refractivity contribution in [2.45, 2.75) is 5.41 Å². The SMILES string of the molecule is c1ccc(-c2nn3c(-c4ccccc4)cc4c(N(c5cccc6c5-c5ccccc5C6(c5ccccc5)c5ccccc5)c5cccc6ccccc56)cccc4c3c2-c2ccccc2)cc1. The Morgan fingerprint density at radius 2 is 0.851 bits per heavy atom. The average Bonchev–Trinajstić information content (AvgIpc) is 3.96. The van der Waals surface area contributed by atoms with Crippen LogP contribution in [-0.2, 0) is 5.41 Å². The quantitative estimate of drug-likeness (QED) is 0.152. The molecular weight excluding hydrogens is 811 g/mol. The third kappa shape index (κ3) is 5.95. The van der Waals surface area contributed by atoms with Gasteiger partial charge in [-0.3, -0.25) is 0 Å². The normalized spacial score (nSPS) is 12.6. The molecule has 1 aliphatic carbocycles. The Morgan fingerprint density at radius 1 is 0.358 bits per heavy atom. The molecule has 3 heteroatoms. The minimum Gasteiger partial charge on any atom is -0.309 e. The molecule has 12 aromatic rings. The van der Waals surface area contributed by atoms with Gasteiger partial charge in [-0.25, -0.2) is 4.52 Å². The minimum absolute atomic E-state index is 0.559. The molecule has 0 radical (unpaired) electrons. The lowest BCUT2D eigenvalue weighted by atomic mass is 9.68. The Kier molecular flexibility index (Phi) is 9.07. The lowest BCUT2D eigenvalue weighted by Gasteiger charge is -2.34. The number of benzene rings is 10. The summed E-state index contributed by atoms with van der Waals surface area (Å²) >= 11 is 0. The van der Waals surface area contributed by atoms with Crippen LogP contribution in [0.25, 0.3) is 71.8 Å². The van der Waals surface area contributed by atoms with Gasteiger partial charge in [0.15, 0.2) is 0 Å². The topological polar surface area (TPSA) is 20.5 Å². The number of hydrogen-bond acceptors (Lipinski definition) is 2. The monoisotopic (exact) mass is 853 g/mol. The number of nitrogens with zero attached hydrogens (tertiary/aromatic N) is 3. The van der Waals surface area contributed by atoms with Crippen LogP contribution in [0.1, 0.15) is 22.3 Å². The molecule has 3 nitrogen and oxygen atoms in total. The standard InChI is InChI=1S/C64H43N3/c1-6-24-45(25-7-1)59-43-53-51(63-60(46-26-8-2-9-27-46)62(65-67(59)63)47-28-10-3-11-29-47)37-21-41-57(53)66(56-40-20-30-44-23-16-17-35-50(44)56)58-42-22-39-55-61(58)52-36-18-19-38-54(52)64(55,48-31-12-4-13-32-48)49-33-14-5-15-34-49/h1-43H. The fourth-order valence-corrected chi connectivity index (χ4v) is 11.1. The first-order valence-electron chi connectivity index (χ1n) is 23.1. The van der Waals surface area contributed by atoms with Crippen LogP contribution in [0.4, 0.5) is 17.1 Å². The summed E-state index contributed by atoms with van der Waals surface area (Å²) in [5, 5.41) is 10.2. The number of pyridine rings is 1. The van der Waals surface area contributed by atoms with E-state index in [0.717, 1.165) is 67.0 Å². The van der Waals surface area contributed by atoms with Crippen molar-refractivity contribution in [3.8, 4) is 44.8 Å². The maximum absolute atomic E-state index is 5.57. The van der Waals surface area contributed by atoms with Gasteiger partial charge in [-0.2, -0.15) is 5.10 Å². The van der Waals surface area contributed by atoms with Crippen molar-refractivity contribution < 1.29 is 0 Å². The fourth-order valence-electron chi connectivity index (χ4n) is 11.1. The summed E-state index contributed by atoms with van der Waals surface area (Å²) in [6.45, 7) is 0. The van der Waals surface area contributed by atoms with Crippen LogP contribution in [0, 0.1) is 0 Å². The molecule has 0 unspecified atom stereocenters. The summed E-state index contributed by atoms with van der Waals surface area (Å²) < 4.78 is 2.19. The molecule has 13 rings (SSSR count). The van der Waals surface area contributed by atoms with E-state index in [0.29, 0.717) is 0 Å². The molecule has 0 fully saturated rings. The van der Waals surface area contributed by atoms with Gasteiger partial charge in [0.05, 0.1) is 33.7 Å². The molecular formula is C64H43N3. The van der Waals surface area contributed by atoms with E-state index < -0.39 is 5.41 Å². The Balaban J connectivity index is 1.19. The van der Waals surface area contributed by atoms with Crippen molar-refractivity contribution in [3.05, 3.63) is 283 Å². The van der Waals surface area contributed by atoms with Crippen LogP contribution in [0.5, 0.6) is 0 Å². The highest BCUT2D eigenvalue weighted by Crippen LogP contribution is 2.60. The van der Waals surface area contributed by atoms with Gasteiger partial charge in [-0.15, -0.1) is 0 Å². The summed E-state index contributed by atoms with van der Waals surface area (Å²) in [4.78, 5) is 2.55. The predicted molar refractivity (Wildman–Crippen MR) is 278 cm³/mol. The lowest BCUT2D eigenvalue weighted by molar-refractivity contribution is 0.768. The molecule has 0 saturated carbocycles. The Labute approximate surface area is 390 Å². The Morgan fingerprint density at radius 3 is 1.55 bits per heavy atom. The molecule has 0 N–H and O–H groups in total. The molecule has 67 heavy (non-hydrogen) atoms. The zero-order valence-electron chi connectivity index (χ0n) is 36.7. The van der Waals surface area contributed by atoms with E-state index in [9.17, 15) is 0 Å². The van der Waals surface area contributed by atoms with Crippen LogP contribution in [-0.4, -0.2) is 9.61 Å². The van der Waals surface area contributed by atoms with Crippen molar-refractivity contribution in [1.29, 1.82) is 0 Å². The van der Waals surface area contributed by atoms with E-state index in [4.69, 9.17) is 5.10 Å². The molecule has 2 heterocycles. The minimum atomic E-state index is -0.559. The summed E-state index contributed by atoms with van der Waals surface area (Å²) in [6, 6.07) is 95.0. The van der Waals surface area contributed by atoms with Gasteiger partial charge >= 0.3 is 0 Å². The van der Waals surface area contributed by atoms with E-state index in [1.54, 1.807) is 0 Å². The molecule has 0 saturated heterocycles. The molecule has 1 aliphatic rings. The maximum Gasteiger partial charge on any atom is 0.101 e. The third-order valence-corrected chi connectivity index (χ3v) is 13.9. The van der Waals surface area contributed by atoms with Crippen molar-refractivity contribution >= 4 is 44.1 Å². The van der Waals surface area contributed by atoms with Gasteiger partial charge in [-0.05, 0) is 63.0 Å². The maximum atomic E-state index is 5.57. The van der Waals surface area contributed by atoms with E-state index in [-0.39, 0.29) is 0 Å². The number of aromatic nitrogens is 2. The summed E-state index contributed by atoms with van der Waals surface area (Å²) in [5.74, 6) is 0. The zero-order chi connectivity index (χ0) is 44.3. The molecule has 0 aliphatic heterocycles. The van der Waals surface area contributed by atoms with Gasteiger partial charge in [0.2, 0.25) is 0 Å². The second-order valence-electron chi connectivity index (χ2n) is 17.4. The smallest absolute Gasteiger partial charge is 0.101 e. The first-order valence-corrected chi connectivity index (χ1v) is 23.1. The number of hydrogen-bond donors (Lipinski definition) is 0. The van der Waals surface area contributed by atoms with E-state index in [1.807, 2.05) is 0 Å². The zero-order valence-corrected chi connectivity index (χ0v) is 36.7. The van der Waals surface area contributed by atoms with Crippen LogP contribution in [0.2, 0.25) is 0 Å². The molecule has 0 spiro atoms. The van der Waals surface area contributed by atoms with E-state index in [1.165, 1.54) is 44.2 Å². The van der Waals surface area contributed by atoms with Gasteiger partial charge in [-0.1, -0.05) is 237 Å². The number of anilines is 3. The largest absolute Gasteiger partial charge is 0.309 e. The molecule has 314 valence electrons. The predicted octanol–water partition coefficient (Wildman–Crippen LogP) is 16.5. The van der Waals surface area contributed by atoms with E-state index in [2.05, 4.69) is 270 Å². The average molecular weight is 854 g/mol. The molecule has 0 amide bonds. The van der Waals surface area contributed by atoms with Gasteiger partial charge in [0, 0.05) is 38.4 Å². The van der Waals surface area contributed by atoms with Crippen LogP contribution in [0.3, 0.4) is 0 Å². The Bertz CT molecular complexity index is 3740. The van der Waals surface area contributed by atoms with Gasteiger partial charge in [0.1, 0.15) is 5.69 Å². The van der Waals surface area contributed by atoms with Crippen LogP contribution < -0.4 is 4.90 Å². The molecule has 2 aromatic heterocycles. The molecule has 10 aromatic carbocycles.